The summed E-state index contributed by atoms with van der Waals surface area (Å²) in [7, 11) is -4.00. The van der Waals surface area contributed by atoms with Gasteiger partial charge in [-0.15, -0.1) is 11.3 Å². The Hall–Kier alpha value is -2.76. The Morgan fingerprint density at radius 3 is 2.74 bits per heavy atom. The monoisotopic (exact) mass is 410 g/mol. The molecular formula is C16H14N2O7S2. The summed E-state index contributed by atoms with van der Waals surface area (Å²) in [5, 5.41) is 12.8. The lowest BCUT2D eigenvalue weighted by molar-refractivity contribution is 0.0702. The maximum atomic E-state index is 12.2. The van der Waals surface area contributed by atoms with Gasteiger partial charge in [0.25, 0.3) is 10.1 Å². The molecule has 3 rings (SSSR count). The number of fused-ring (bicyclic) bond motifs is 1. The molecule has 0 aliphatic rings. The molecule has 0 aliphatic carbocycles. The van der Waals surface area contributed by atoms with Crippen LogP contribution in [0.25, 0.3) is 21.5 Å². The molecule has 0 spiro atoms. The zero-order valence-electron chi connectivity index (χ0n) is 13.7. The molecule has 3 aromatic rings. The van der Waals surface area contributed by atoms with Crippen molar-refractivity contribution >= 4 is 44.1 Å². The van der Waals surface area contributed by atoms with E-state index in [0.717, 1.165) is 11.3 Å². The Kier molecular flexibility index (Phi) is 5.26. The van der Waals surface area contributed by atoms with Gasteiger partial charge < -0.3 is 14.8 Å². The fraction of sp³-hybridized carbons (Fsp3) is 0.188. The SMILES string of the molecule is O=C(O)c1cnc(-c2cc3ccc(NCCCS(=O)(=O)O)cc3oc2=O)s1. The minimum Gasteiger partial charge on any atom is -0.477 e. The topological polar surface area (TPSA) is 147 Å². The van der Waals surface area contributed by atoms with Crippen LogP contribution >= 0.6 is 11.3 Å². The number of carboxylic acids is 1. The highest BCUT2D eigenvalue weighted by molar-refractivity contribution is 7.85. The molecule has 9 nitrogen and oxygen atoms in total. The average molecular weight is 410 g/mol. The van der Waals surface area contributed by atoms with E-state index in [2.05, 4.69) is 10.3 Å². The number of carboxylic acid groups (broad SMARTS) is 1. The normalized spacial score (nSPS) is 11.6. The van der Waals surface area contributed by atoms with Gasteiger partial charge in [0.2, 0.25) is 0 Å². The second-order valence-corrected chi connectivity index (χ2v) is 8.20. The molecule has 1 aromatic carbocycles. The van der Waals surface area contributed by atoms with Crippen LogP contribution in [0.2, 0.25) is 0 Å². The van der Waals surface area contributed by atoms with Crippen molar-refractivity contribution in [3.05, 3.63) is 45.8 Å². The summed E-state index contributed by atoms with van der Waals surface area (Å²) < 4.78 is 35.4. The third-order valence-corrected chi connectivity index (χ3v) is 5.41. The van der Waals surface area contributed by atoms with Gasteiger partial charge in [-0.25, -0.2) is 14.6 Å². The number of aromatic carboxylic acids is 1. The summed E-state index contributed by atoms with van der Waals surface area (Å²) >= 11 is 0.883. The van der Waals surface area contributed by atoms with Gasteiger partial charge in [-0.05, 0) is 24.6 Å². The highest BCUT2D eigenvalue weighted by Gasteiger charge is 2.15. The summed E-state index contributed by atoms with van der Waals surface area (Å²) in [6.45, 7) is 0.310. The second kappa shape index (κ2) is 7.47. The molecular weight excluding hydrogens is 396 g/mol. The molecule has 27 heavy (non-hydrogen) atoms. The van der Waals surface area contributed by atoms with Crippen molar-refractivity contribution in [1.82, 2.24) is 4.98 Å². The Morgan fingerprint density at radius 2 is 2.07 bits per heavy atom. The standard InChI is InChI=1S/C16H14N2O7S2/c19-15(20)13-8-18-14(26-13)11-6-9-2-3-10(7-12(9)25-16(11)21)17-4-1-5-27(22,23)24/h2-3,6-8,17H,1,4-5H2,(H,19,20)(H,22,23,24). The van der Waals surface area contributed by atoms with E-state index in [4.69, 9.17) is 14.1 Å². The molecule has 2 aromatic heterocycles. The molecule has 0 aliphatic heterocycles. The number of rotatable bonds is 7. The van der Waals surface area contributed by atoms with Gasteiger partial charge >= 0.3 is 11.6 Å². The first-order valence-corrected chi connectivity index (χ1v) is 10.1. The largest absolute Gasteiger partial charge is 0.477 e. The highest BCUT2D eigenvalue weighted by atomic mass is 32.2. The van der Waals surface area contributed by atoms with Crippen LogP contribution in [0.3, 0.4) is 0 Å². The number of anilines is 1. The van der Waals surface area contributed by atoms with Crippen molar-refractivity contribution in [2.75, 3.05) is 17.6 Å². The van der Waals surface area contributed by atoms with Crippen molar-refractivity contribution < 1.29 is 27.3 Å². The van der Waals surface area contributed by atoms with Crippen molar-refractivity contribution in [2.45, 2.75) is 6.42 Å². The van der Waals surface area contributed by atoms with Gasteiger partial charge in [-0.1, -0.05) is 0 Å². The molecule has 0 saturated carbocycles. The van der Waals surface area contributed by atoms with Gasteiger partial charge in [0, 0.05) is 23.7 Å². The first kappa shape index (κ1) is 19.0. The summed E-state index contributed by atoms with van der Waals surface area (Å²) in [5.41, 5.74) is 0.473. The quantitative estimate of drug-likeness (QED) is 0.303. The molecule has 0 bridgehead atoms. The van der Waals surface area contributed by atoms with Gasteiger partial charge in [0.05, 0.1) is 17.5 Å². The molecule has 2 heterocycles. The van der Waals surface area contributed by atoms with Crippen LogP contribution in [0, 0.1) is 0 Å². The maximum absolute atomic E-state index is 12.2. The van der Waals surface area contributed by atoms with Crippen molar-refractivity contribution in [3.63, 3.8) is 0 Å². The van der Waals surface area contributed by atoms with Crippen LogP contribution in [-0.2, 0) is 10.1 Å². The predicted molar refractivity (Wildman–Crippen MR) is 100 cm³/mol. The van der Waals surface area contributed by atoms with Crippen molar-refractivity contribution in [3.8, 4) is 10.6 Å². The smallest absolute Gasteiger partial charge is 0.347 e. The first-order chi connectivity index (χ1) is 12.7. The highest BCUT2D eigenvalue weighted by Crippen LogP contribution is 2.26. The van der Waals surface area contributed by atoms with E-state index in [1.807, 2.05) is 0 Å². The average Bonchev–Trinajstić information content (AvgIpc) is 3.07. The van der Waals surface area contributed by atoms with Crippen LogP contribution < -0.4 is 10.9 Å². The predicted octanol–water partition coefficient (Wildman–Crippen LogP) is 2.30. The molecule has 0 atom stereocenters. The number of hydrogen-bond donors (Lipinski definition) is 3. The molecule has 11 heteroatoms. The van der Waals surface area contributed by atoms with Gasteiger partial charge in [0.15, 0.2) is 0 Å². The third-order valence-electron chi connectivity index (χ3n) is 3.59. The lowest BCUT2D eigenvalue weighted by Crippen LogP contribution is -2.10. The zero-order valence-corrected chi connectivity index (χ0v) is 15.3. The number of benzene rings is 1. The summed E-state index contributed by atoms with van der Waals surface area (Å²) in [4.78, 5) is 27.2. The number of nitrogens with zero attached hydrogens (tertiary/aromatic N) is 1. The Balaban J connectivity index is 1.82. The van der Waals surface area contributed by atoms with E-state index in [0.29, 0.717) is 23.2 Å². The maximum Gasteiger partial charge on any atom is 0.347 e. The van der Waals surface area contributed by atoms with Crippen LogP contribution in [0.1, 0.15) is 16.1 Å². The number of nitrogens with one attached hydrogen (secondary N) is 1. The van der Waals surface area contributed by atoms with Crippen LogP contribution in [0.5, 0.6) is 0 Å². The second-order valence-electron chi connectivity index (χ2n) is 5.60. The van der Waals surface area contributed by atoms with Crippen LogP contribution in [0.15, 0.2) is 39.7 Å². The van der Waals surface area contributed by atoms with Gasteiger partial charge in [0.1, 0.15) is 15.5 Å². The van der Waals surface area contributed by atoms with Crippen molar-refractivity contribution in [2.24, 2.45) is 0 Å². The lowest BCUT2D eigenvalue weighted by Gasteiger charge is -2.07. The third kappa shape index (κ3) is 4.70. The molecule has 0 radical (unpaired) electrons. The molecule has 0 fully saturated rings. The van der Waals surface area contributed by atoms with Crippen LogP contribution in [0.4, 0.5) is 5.69 Å². The molecule has 0 unspecified atom stereocenters. The number of thiazole rings is 1. The lowest BCUT2D eigenvalue weighted by atomic mass is 10.1. The van der Waals surface area contributed by atoms with E-state index < -0.39 is 21.7 Å². The van der Waals surface area contributed by atoms with E-state index >= 15 is 0 Å². The van der Waals surface area contributed by atoms with Crippen molar-refractivity contribution in [1.29, 1.82) is 0 Å². The molecule has 0 saturated heterocycles. The molecule has 0 amide bonds. The fourth-order valence-corrected chi connectivity index (χ4v) is 3.62. The van der Waals surface area contributed by atoms with E-state index in [1.165, 1.54) is 6.20 Å². The van der Waals surface area contributed by atoms with Gasteiger partial charge in [-0.3, -0.25) is 4.55 Å². The number of hydrogen-bond acceptors (Lipinski definition) is 8. The first-order valence-electron chi connectivity index (χ1n) is 7.69. The Morgan fingerprint density at radius 1 is 1.30 bits per heavy atom. The van der Waals surface area contributed by atoms with E-state index in [1.54, 1.807) is 24.3 Å². The summed E-state index contributed by atoms with van der Waals surface area (Å²) in [6, 6.07) is 6.61. The Labute approximate surface area is 157 Å². The summed E-state index contributed by atoms with van der Waals surface area (Å²) in [5.74, 6) is -1.47. The Bertz CT molecular complexity index is 1160. The molecule has 3 N–H and O–H groups in total. The van der Waals surface area contributed by atoms with E-state index in [9.17, 15) is 18.0 Å². The van der Waals surface area contributed by atoms with E-state index in [-0.39, 0.29) is 27.6 Å². The number of aromatic nitrogens is 1. The van der Waals surface area contributed by atoms with Gasteiger partial charge in [-0.2, -0.15) is 8.42 Å². The summed E-state index contributed by atoms with van der Waals surface area (Å²) in [6.07, 6.45) is 1.40. The van der Waals surface area contributed by atoms with Crippen LogP contribution in [-0.4, -0.2) is 41.3 Å². The number of carbonyl (C=O) groups is 1. The fourth-order valence-electron chi connectivity index (χ4n) is 2.36. The molecule has 142 valence electrons. The minimum absolute atomic E-state index is 0.0222. The zero-order chi connectivity index (χ0) is 19.6. The minimum atomic E-state index is -4.00.